The Hall–Kier alpha value is -1.10. The molecule has 1 aliphatic rings. The van der Waals surface area contributed by atoms with Crippen LogP contribution in [0.25, 0.3) is 0 Å². The van der Waals surface area contributed by atoms with Gasteiger partial charge >= 0.3 is 0 Å². The molecule has 3 nitrogen and oxygen atoms in total. The Balaban J connectivity index is 2.36. The minimum absolute atomic E-state index is 0.0800. The van der Waals surface area contributed by atoms with Gasteiger partial charge < -0.3 is 4.74 Å². The van der Waals surface area contributed by atoms with Gasteiger partial charge in [0.05, 0.1) is 11.6 Å². The van der Waals surface area contributed by atoms with Crippen molar-refractivity contribution in [1.29, 1.82) is 0 Å². The molecule has 0 saturated heterocycles. The van der Waals surface area contributed by atoms with Gasteiger partial charge in [0.2, 0.25) is 0 Å². The SMILES string of the molecule is NNC(C1=CCCO1)c1cccc(Cl)c1F. The summed E-state index contributed by atoms with van der Waals surface area (Å²) in [6, 6.07) is 4.33. The van der Waals surface area contributed by atoms with Crippen molar-refractivity contribution < 1.29 is 9.13 Å². The van der Waals surface area contributed by atoms with Crippen LogP contribution < -0.4 is 11.3 Å². The molecule has 0 saturated carbocycles. The van der Waals surface area contributed by atoms with E-state index in [1.807, 2.05) is 6.08 Å². The van der Waals surface area contributed by atoms with Crippen molar-refractivity contribution in [1.82, 2.24) is 5.43 Å². The fraction of sp³-hybridized carbons (Fsp3) is 0.273. The molecule has 0 aromatic heterocycles. The van der Waals surface area contributed by atoms with Crippen molar-refractivity contribution in [2.75, 3.05) is 6.61 Å². The van der Waals surface area contributed by atoms with Crippen molar-refractivity contribution in [2.24, 2.45) is 5.84 Å². The number of nitrogens with two attached hydrogens (primary N) is 1. The van der Waals surface area contributed by atoms with E-state index in [-0.39, 0.29) is 5.02 Å². The van der Waals surface area contributed by atoms with Crippen LogP contribution in [0.1, 0.15) is 18.0 Å². The van der Waals surface area contributed by atoms with Crippen LogP contribution in [-0.2, 0) is 4.74 Å². The lowest BCUT2D eigenvalue weighted by Crippen LogP contribution is -2.30. The van der Waals surface area contributed by atoms with Crippen LogP contribution in [0.4, 0.5) is 4.39 Å². The molecule has 0 radical (unpaired) electrons. The van der Waals surface area contributed by atoms with Gasteiger partial charge in [-0.2, -0.15) is 0 Å². The maximum Gasteiger partial charge on any atom is 0.147 e. The molecular weight excluding hydrogens is 231 g/mol. The minimum Gasteiger partial charge on any atom is -0.496 e. The molecule has 0 fully saturated rings. The molecule has 1 heterocycles. The maximum absolute atomic E-state index is 13.8. The van der Waals surface area contributed by atoms with Gasteiger partial charge in [-0.3, -0.25) is 5.84 Å². The van der Waals surface area contributed by atoms with E-state index in [4.69, 9.17) is 22.2 Å². The summed E-state index contributed by atoms with van der Waals surface area (Å²) >= 11 is 5.72. The van der Waals surface area contributed by atoms with Crippen molar-refractivity contribution in [3.63, 3.8) is 0 Å². The molecule has 86 valence electrons. The number of hydrogen-bond acceptors (Lipinski definition) is 3. The van der Waals surface area contributed by atoms with Gasteiger partial charge in [0, 0.05) is 12.0 Å². The first-order valence-corrected chi connectivity index (χ1v) is 5.34. The lowest BCUT2D eigenvalue weighted by atomic mass is 10.0. The third-order valence-corrected chi connectivity index (χ3v) is 2.77. The van der Waals surface area contributed by atoms with Gasteiger partial charge in [0.15, 0.2) is 0 Å². The van der Waals surface area contributed by atoms with Crippen molar-refractivity contribution in [3.8, 4) is 0 Å². The van der Waals surface area contributed by atoms with Gasteiger partial charge in [-0.05, 0) is 12.1 Å². The van der Waals surface area contributed by atoms with Crippen LogP contribution in [0.15, 0.2) is 30.0 Å². The quantitative estimate of drug-likeness (QED) is 0.632. The molecule has 1 unspecified atom stereocenters. The highest BCUT2D eigenvalue weighted by Gasteiger charge is 2.23. The third kappa shape index (κ3) is 2.04. The topological polar surface area (TPSA) is 47.3 Å². The second kappa shape index (κ2) is 4.82. The number of nitrogens with one attached hydrogen (secondary N) is 1. The molecule has 0 aliphatic carbocycles. The second-order valence-electron chi connectivity index (χ2n) is 3.49. The summed E-state index contributed by atoms with van der Waals surface area (Å²) in [5.41, 5.74) is 2.93. The normalized spacial score (nSPS) is 16.8. The largest absolute Gasteiger partial charge is 0.496 e. The first-order chi connectivity index (χ1) is 7.74. The third-order valence-electron chi connectivity index (χ3n) is 2.48. The fourth-order valence-corrected chi connectivity index (χ4v) is 1.89. The molecule has 2 rings (SSSR count). The molecule has 3 N–H and O–H groups in total. The first-order valence-electron chi connectivity index (χ1n) is 4.97. The smallest absolute Gasteiger partial charge is 0.147 e. The number of hydrazine groups is 1. The highest BCUT2D eigenvalue weighted by atomic mass is 35.5. The summed E-state index contributed by atoms with van der Waals surface area (Å²) in [6.07, 6.45) is 2.71. The van der Waals surface area contributed by atoms with E-state index < -0.39 is 11.9 Å². The molecule has 0 bridgehead atoms. The highest BCUT2D eigenvalue weighted by Crippen LogP contribution is 2.30. The fourth-order valence-electron chi connectivity index (χ4n) is 1.71. The highest BCUT2D eigenvalue weighted by molar-refractivity contribution is 6.30. The number of halogens is 2. The summed E-state index contributed by atoms with van der Waals surface area (Å²) in [4.78, 5) is 0. The Kier molecular flexibility index (Phi) is 3.43. The maximum atomic E-state index is 13.8. The van der Waals surface area contributed by atoms with E-state index >= 15 is 0 Å². The molecule has 1 aromatic rings. The average Bonchev–Trinajstić information content (AvgIpc) is 2.79. The Labute approximate surface area is 98.0 Å². The van der Waals surface area contributed by atoms with Crippen LogP contribution in [-0.4, -0.2) is 6.61 Å². The lowest BCUT2D eigenvalue weighted by Gasteiger charge is -2.18. The van der Waals surface area contributed by atoms with E-state index in [9.17, 15) is 4.39 Å². The Morgan fingerprint density at radius 3 is 2.94 bits per heavy atom. The van der Waals surface area contributed by atoms with Crippen LogP contribution in [0.5, 0.6) is 0 Å². The van der Waals surface area contributed by atoms with E-state index in [2.05, 4.69) is 5.43 Å². The summed E-state index contributed by atoms with van der Waals surface area (Å²) in [7, 11) is 0. The predicted molar refractivity (Wildman–Crippen MR) is 60.1 cm³/mol. The van der Waals surface area contributed by atoms with Gasteiger partial charge in [0.1, 0.15) is 17.6 Å². The Morgan fingerprint density at radius 1 is 1.50 bits per heavy atom. The number of hydrogen-bond donors (Lipinski definition) is 2. The van der Waals surface area contributed by atoms with Gasteiger partial charge in [-0.15, -0.1) is 0 Å². The predicted octanol–water partition coefficient (Wildman–Crippen LogP) is 2.29. The van der Waals surface area contributed by atoms with Crippen LogP contribution >= 0.6 is 11.6 Å². The number of ether oxygens (including phenoxy) is 1. The molecule has 0 amide bonds. The monoisotopic (exact) mass is 242 g/mol. The van der Waals surface area contributed by atoms with Gasteiger partial charge in [-0.25, -0.2) is 9.82 Å². The van der Waals surface area contributed by atoms with Crippen LogP contribution in [0.2, 0.25) is 5.02 Å². The Bertz CT molecular complexity index is 422. The summed E-state index contributed by atoms with van der Waals surface area (Å²) in [6.45, 7) is 0.607. The minimum atomic E-state index is -0.485. The molecule has 5 heteroatoms. The second-order valence-corrected chi connectivity index (χ2v) is 3.89. The molecular formula is C11H12ClFN2O. The first kappa shape index (κ1) is 11.4. The van der Waals surface area contributed by atoms with Gasteiger partial charge in [-0.1, -0.05) is 23.7 Å². The molecule has 1 atom stereocenters. The molecule has 1 aliphatic heterocycles. The van der Waals surface area contributed by atoms with E-state index in [0.717, 1.165) is 6.42 Å². The zero-order chi connectivity index (χ0) is 11.5. The standard InChI is InChI=1S/C11H12ClFN2O/c12-8-4-1-3-7(10(8)13)11(15-14)9-5-2-6-16-9/h1,3-5,11,15H,2,6,14H2. The summed E-state index contributed by atoms with van der Waals surface area (Å²) in [5, 5.41) is 0.0800. The van der Waals surface area contributed by atoms with E-state index in [1.165, 1.54) is 6.07 Å². The number of benzene rings is 1. The van der Waals surface area contributed by atoms with Crippen LogP contribution in [0.3, 0.4) is 0 Å². The molecule has 1 aromatic carbocycles. The van der Waals surface area contributed by atoms with E-state index in [0.29, 0.717) is 17.9 Å². The zero-order valence-corrected chi connectivity index (χ0v) is 9.30. The Morgan fingerprint density at radius 2 is 2.31 bits per heavy atom. The van der Waals surface area contributed by atoms with Crippen molar-refractivity contribution in [2.45, 2.75) is 12.5 Å². The van der Waals surface area contributed by atoms with Crippen molar-refractivity contribution >= 4 is 11.6 Å². The molecule has 0 spiro atoms. The zero-order valence-electron chi connectivity index (χ0n) is 8.54. The number of rotatable bonds is 3. The van der Waals surface area contributed by atoms with Crippen LogP contribution in [0, 0.1) is 5.82 Å². The summed E-state index contributed by atoms with van der Waals surface area (Å²) < 4.78 is 19.1. The van der Waals surface area contributed by atoms with Crippen molar-refractivity contribution in [3.05, 3.63) is 46.4 Å². The van der Waals surface area contributed by atoms with Gasteiger partial charge in [0.25, 0.3) is 0 Å². The lowest BCUT2D eigenvalue weighted by molar-refractivity contribution is 0.214. The van der Waals surface area contributed by atoms with E-state index in [1.54, 1.807) is 12.1 Å². The average molecular weight is 243 g/mol. The molecule has 16 heavy (non-hydrogen) atoms. The summed E-state index contributed by atoms with van der Waals surface area (Å²) in [5.74, 6) is 5.60.